The fraction of sp³-hybridized carbons (Fsp3) is 0.800. The lowest BCUT2D eigenvalue weighted by molar-refractivity contribution is -0.242. The van der Waals surface area contributed by atoms with E-state index >= 15 is 0 Å². The van der Waals surface area contributed by atoms with E-state index in [2.05, 4.69) is 0 Å². The first-order chi connectivity index (χ1) is 5.76. The molecule has 0 aliphatic heterocycles. The molecule has 3 N–H and O–H groups in total. The summed E-state index contributed by atoms with van der Waals surface area (Å²) >= 11 is 0. The summed E-state index contributed by atoms with van der Waals surface area (Å²) < 4.78 is 0. The van der Waals surface area contributed by atoms with Gasteiger partial charge in [-0.3, -0.25) is 0 Å². The summed E-state index contributed by atoms with van der Waals surface area (Å²) in [5.41, 5.74) is -0.428. The highest BCUT2D eigenvalue weighted by atomic mass is 16.5. The zero-order valence-electron chi connectivity index (χ0n) is 8.41. The first kappa shape index (κ1) is 10.7. The second-order valence-corrected chi connectivity index (χ2v) is 4.37. The van der Waals surface area contributed by atoms with E-state index in [9.17, 15) is 15.3 Å². The fourth-order valence-electron chi connectivity index (χ4n) is 1.51. The predicted molar refractivity (Wildman–Crippen MR) is 49.9 cm³/mol. The van der Waals surface area contributed by atoms with Gasteiger partial charge in [0, 0.05) is 0 Å². The molecule has 1 aliphatic rings. The van der Waals surface area contributed by atoms with Gasteiger partial charge in [0.25, 0.3) is 0 Å². The Morgan fingerprint density at radius 3 is 2.23 bits per heavy atom. The Morgan fingerprint density at radius 1 is 1.31 bits per heavy atom. The summed E-state index contributed by atoms with van der Waals surface area (Å²) in [6.45, 7) is 5.45. The Kier molecular flexibility index (Phi) is 2.54. The molecule has 1 aliphatic carbocycles. The van der Waals surface area contributed by atoms with Crippen LogP contribution in [0.4, 0.5) is 0 Å². The third kappa shape index (κ3) is 1.93. The Bertz CT molecular complexity index is 226. The molecular weight excluding hydrogens is 168 g/mol. The van der Waals surface area contributed by atoms with Crippen molar-refractivity contribution >= 4 is 0 Å². The summed E-state index contributed by atoms with van der Waals surface area (Å²) in [7, 11) is 0. The molecule has 0 amide bonds. The molecule has 1 unspecified atom stereocenters. The van der Waals surface area contributed by atoms with E-state index in [0.717, 1.165) is 12.0 Å². The maximum atomic E-state index is 9.66. The van der Waals surface area contributed by atoms with E-state index in [4.69, 9.17) is 0 Å². The first-order valence-electron chi connectivity index (χ1n) is 4.65. The van der Waals surface area contributed by atoms with Crippen LogP contribution in [0.2, 0.25) is 0 Å². The summed E-state index contributed by atoms with van der Waals surface area (Å²) in [5, 5.41) is 28.8. The van der Waals surface area contributed by atoms with Crippen molar-refractivity contribution in [2.75, 3.05) is 0 Å². The molecule has 0 aromatic rings. The summed E-state index contributed by atoms with van der Waals surface area (Å²) in [5.74, 6) is -1.78. The van der Waals surface area contributed by atoms with Crippen LogP contribution in [0.25, 0.3) is 0 Å². The van der Waals surface area contributed by atoms with Gasteiger partial charge in [0.05, 0.1) is 0 Å². The molecule has 13 heavy (non-hydrogen) atoms. The van der Waals surface area contributed by atoms with Gasteiger partial charge < -0.3 is 15.3 Å². The normalized spacial score (nSPS) is 33.3. The Hall–Kier alpha value is -0.380. The summed E-state index contributed by atoms with van der Waals surface area (Å²) in [6, 6.07) is 0. The number of allylic oxidation sites excluding steroid dienone is 1. The smallest absolute Gasteiger partial charge is 0.212 e. The van der Waals surface area contributed by atoms with Crippen LogP contribution in [-0.2, 0) is 0 Å². The highest BCUT2D eigenvalue weighted by molar-refractivity contribution is 5.19. The van der Waals surface area contributed by atoms with Crippen molar-refractivity contribution in [3.05, 3.63) is 11.6 Å². The van der Waals surface area contributed by atoms with Crippen LogP contribution in [0.5, 0.6) is 0 Å². The Morgan fingerprint density at radius 2 is 1.85 bits per heavy atom. The Balaban J connectivity index is 2.95. The average molecular weight is 186 g/mol. The van der Waals surface area contributed by atoms with Crippen LogP contribution < -0.4 is 0 Å². The molecule has 0 fully saturated rings. The van der Waals surface area contributed by atoms with Gasteiger partial charge >= 0.3 is 0 Å². The molecule has 0 spiro atoms. The Labute approximate surface area is 78.7 Å². The minimum atomic E-state index is -2.08. The van der Waals surface area contributed by atoms with Gasteiger partial charge in [-0.1, -0.05) is 19.4 Å². The second kappa shape index (κ2) is 3.08. The van der Waals surface area contributed by atoms with Crippen molar-refractivity contribution in [2.24, 2.45) is 5.92 Å². The van der Waals surface area contributed by atoms with E-state index in [0.29, 0.717) is 12.3 Å². The van der Waals surface area contributed by atoms with Crippen molar-refractivity contribution in [1.29, 1.82) is 0 Å². The van der Waals surface area contributed by atoms with Crippen LogP contribution >= 0.6 is 0 Å². The zero-order chi connectivity index (χ0) is 10.3. The lowest BCUT2D eigenvalue weighted by Gasteiger charge is -2.39. The van der Waals surface area contributed by atoms with Gasteiger partial charge in [-0.2, -0.15) is 0 Å². The highest BCUT2D eigenvalue weighted by Crippen LogP contribution is 2.36. The molecule has 76 valence electrons. The van der Waals surface area contributed by atoms with E-state index < -0.39 is 11.4 Å². The van der Waals surface area contributed by atoms with Gasteiger partial charge in [0.2, 0.25) is 5.79 Å². The van der Waals surface area contributed by atoms with Crippen LogP contribution in [0, 0.1) is 5.92 Å². The summed E-state index contributed by atoms with van der Waals surface area (Å²) in [6.07, 6.45) is 2.50. The quantitative estimate of drug-likeness (QED) is 0.419. The van der Waals surface area contributed by atoms with Gasteiger partial charge in [0.1, 0.15) is 5.60 Å². The fourth-order valence-corrected chi connectivity index (χ4v) is 1.51. The van der Waals surface area contributed by atoms with Gasteiger partial charge in [-0.15, -0.1) is 0 Å². The maximum Gasteiger partial charge on any atom is 0.212 e. The topological polar surface area (TPSA) is 60.7 Å². The molecule has 0 saturated heterocycles. The van der Waals surface area contributed by atoms with Gasteiger partial charge in [-0.05, 0) is 31.8 Å². The van der Waals surface area contributed by atoms with Gasteiger partial charge in [-0.25, -0.2) is 0 Å². The number of aliphatic hydroxyl groups is 3. The van der Waals surface area contributed by atoms with Crippen LogP contribution in [0.1, 0.15) is 33.6 Å². The molecule has 3 heteroatoms. The van der Waals surface area contributed by atoms with E-state index in [1.165, 1.54) is 13.0 Å². The molecule has 0 saturated carbocycles. The highest BCUT2D eigenvalue weighted by Gasteiger charge is 2.45. The third-order valence-electron chi connectivity index (χ3n) is 2.82. The van der Waals surface area contributed by atoms with Crippen LogP contribution in [0.3, 0.4) is 0 Å². The molecule has 3 nitrogen and oxygen atoms in total. The molecule has 0 bridgehead atoms. The van der Waals surface area contributed by atoms with E-state index in [1.807, 2.05) is 13.8 Å². The average Bonchev–Trinajstić information content (AvgIpc) is 1.94. The molecular formula is C10H18O3. The largest absolute Gasteiger partial charge is 0.384 e. The lowest BCUT2D eigenvalue weighted by atomic mass is 9.79. The molecule has 0 heterocycles. The van der Waals surface area contributed by atoms with Crippen LogP contribution in [-0.4, -0.2) is 26.7 Å². The van der Waals surface area contributed by atoms with Crippen LogP contribution in [0.15, 0.2) is 11.6 Å². The standard InChI is InChI=1S/C10H18O3/c1-7(2)8-4-5-9(3,11)10(12,13)6-8/h6-7,11-13H,4-5H2,1-3H3. The van der Waals surface area contributed by atoms with Crippen molar-refractivity contribution in [3.8, 4) is 0 Å². The molecule has 1 atom stereocenters. The number of rotatable bonds is 1. The number of hydrogen-bond donors (Lipinski definition) is 3. The third-order valence-corrected chi connectivity index (χ3v) is 2.82. The zero-order valence-corrected chi connectivity index (χ0v) is 8.41. The van der Waals surface area contributed by atoms with Crippen molar-refractivity contribution in [3.63, 3.8) is 0 Å². The SMILES string of the molecule is CC(C)C1=CC(O)(O)C(C)(O)CC1. The molecule has 0 radical (unpaired) electrons. The molecule has 0 aromatic heterocycles. The monoisotopic (exact) mass is 186 g/mol. The van der Waals surface area contributed by atoms with Crippen molar-refractivity contribution in [1.82, 2.24) is 0 Å². The van der Waals surface area contributed by atoms with E-state index in [-0.39, 0.29) is 0 Å². The van der Waals surface area contributed by atoms with Crippen molar-refractivity contribution in [2.45, 2.75) is 45.0 Å². The van der Waals surface area contributed by atoms with Crippen molar-refractivity contribution < 1.29 is 15.3 Å². The van der Waals surface area contributed by atoms with E-state index in [1.54, 1.807) is 0 Å². The maximum absolute atomic E-state index is 9.66. The second-order valence-electron chi connectivity index (χ2n) is 4.37. The first-order valence-corrected chi connectivity index (χ1v) is 4.65. The molecule has 0 aromatic carbocycles. The van der Waals surface area contributed by atoms with Gasteiger partial charge in [0.15, 0.2) is 0 Å². The molecule has 1 rings (SSSR count). The minimum absolute atomic E-state index is 0.301. The summed E-state index contributed by atoms with van der Waals surface area (Å²) in [4.78, 5) is 0. The minimum Gasteiger partial charge on any atom is -0.384 e. The number of hydrogen-bond acceptors (Lipinski definition) is 3. The predicted octanol–water partition coefficient (Wildman–Crippen LogP) is 0.794. The lowest BCUT2D eigenvalue weighted by Crippen LogP contribution is -2.53.